The molecule has 2 rings (SSSR count). The third-order valence-corrected chi connectivity index (χ3v) is 3.57. The Labute approximate surface area is 96.8 Å². The lowest BCUT2D eigenvalue weighted by atomic mass is 10.2. The van der Waals surface area contributed by atoms with E-state index in [0.717, 1.165) is 0 Å². The van der Waals surface area contributed by atoms with Crippen LogP contribution in [0, 0.1) is 0 Å². The van der Waals surface area contributed by atoms with Crippen LogP contribution in [0.25, 0.3) is 11.3 Å². The minimum Gasteiger partial charge on any atom is -0.375 e. The van der Waals surface area contributed by atoms with E-state index in [4.69, 9.17) is 10.9 Å². The first-order valence-electron chi connectivity index (χ1n) is 4.31. The number of benzene rings is 1. The van der Waals surface area contributed by atoms with Gasteiger partial charge in [0.2, 0.25) is 10.0 Å². The van der Waals surface area contributed by atoms with Crippen LogP contribution in [0.4, 0.5) is 5.13 Å². The molecule has 0 bridgehead atoms. The molecule has 1 aromatic carbocycles. The third kappa shape index (κ3) is 2.21. The summed E-state index contributed by atoms with van der Waals surface area (Å²) in [7, 11) is -3.68. The lowest BCUT2D eigenvalue weighted by Gasteiger charge is -2.00. The zero-order chi connectivity index (χ0) is 11.8. The van der Waals surface area contributed by atoms with Gasteiger partial charge in [0.15, 0.2) is 5.13 Å². The Balaban J connectivity index is 2.52. The van der Waals surface area contributed by atoms with Gasteiger partial charge in [-0.25, -0.2) is 18.5 Å². The van der Waals surface area contributed by atoms with E-state index in [1.807, 2.05) is 0 Å². The normalized spacial score (nSPS) is 11.6. The van der Waals surface area contributed by atoms with Gasteiger partial charge in [-0.3, -0.25) is 0 Å². The maximum atomic E-state index is 11.2. The Kier molecular flexibility index (Phi) is 2.66. The lowest BCUT2D eigenvalue weighted by molar-refractivity contribution is 0.598. The molecule has 84 valence electrons. The second-order valence-electron chi connectivity index (χ2n) is 3.14. The van der Waals surface area contributed by atoms with Crippen molar-refractivity contribution in [2.75, 3.05) is 5.73 Å². The number of rotatable bonds is 2. The highest BCUT2D eigenvalue weighted by Crippen LogP contribution is 2.24. The number of hydrogen-bond donors (Lipinski definition) is 2. The second kappa shape index (κ2) is 3.85. The summed E-state index contributed by atoms with van der Waals surface area (Å²) in [5.74, 6) is 0. The lowest BCUT2D eigenvalue weighted by Crippen LogP contribution is -2.11. The molecule has 0 saturated heterocycles. The number of primary sulfonamides is 1. The Morgan fingerprint density at radius 1 is 1.31 bits per heavy atom. The summed E-state index contributed by atoms with van der Waals surface area (Å²) < 4.78 is 22.3. The average molecular weight is 255 g/mol. The maximum absolute atomic E-state index is 11.2. The Morgan fingerprint density at radius 2 is 2.06 bits per heavy atom. The SMILES string of the molecule is Nc1nc(-c2cccc(S(N)(=O)=O)c2)cs1. The molecule has 0 amide bonds. The molecule has 0 radical (unpaired) electrons. The van der Waals surface area contributed by atoms with Gasteiger partial charge in [-0.2, -0.15) is 0 Å². The summed E-state index contributed by atoms with van der Waals surface area (Å²) in [5, 5.41) is 7.24. The summed E-state index contributed by atoms with van der Waals surface area (Å²) in [5.41, 5.74) is 6.83. The first kappa shape index (κ1) is 11.1. The molecule has 1 heterocycles. The highest BCUT2D eigenvalue weighted by atomic mass is 32.2. The molecule has 7 heteroatoms. The standard InChI is InChI=1S/C9H9N3O2S2/c10-9-12-8(5-15-9)6-2-1-3-7(4-6)16(11,13)14/h1-5H,(H2,10,12)(H2,11,13,14). The summed E-state index contributed by atoms with van der Waals surface area (Å²) >= 11 is 1.30. The Bertz CT molecular complexity index is 619. The van der Waals surface area contributed by atoms with E-state index in [0.29, 0.717) is 16.4 Å². The minimum atomic E-state index is -3.68. The van der Waals surface area contributed by atoms with Crippen molar-refractivity contribution < 1.29 is 8.42 Å². The van der Waals surface area contributed by atoms with Crippen LogP contribution in [0.15, 0.2) is 34.5 Å². The number of anilines is 1. The van der Waals surface area contributed by atoms with E-state index in [-0.39, 0.29) is 4.90 Å². The number of nitrogen functional groups attached to an aromatic ring is 1. The van der Waals surface area contributed by atoms with Gasteiger partial charge in [0.25, 0.3) is 0 Å². The van der Waals surface area contributed by atoms with Crippen molar-refractivity contribution in [3.8, 4) is 11.3 Å². The number of thiazole rings is 1. The monoisotopic (exact) mass is 255 g/mol. The highest BCUT2D eigenvalue weighted by molar-refractivity contribution is 7.89. The number of aromatic nitrogens is 1. The van der Waals surface area contributed by atoms with E-state index in [1.165, 1.54) is 23.5 Å². The predicted molar refractivity (Wildman–Crippen MR) is 63.3 cm³/mol. The average Bonchev–Trinajstić information content (AvgIpc) is 2.64. The van der Waals surface area contributed by atoms with E-state index in [9.17, 15) is 8.42 Å². The second-order valence-corrected chi connectivity index (χ2v) is 5.59. The zero-order valence-corrected chi connectivity index (χ0v) is 9.75. The summed E-state index contributed by atoms with van der Waals surface area (Å²) in [6.07, 6.45) is 0. The van der Waals surface area contributed by atoms with Crippen molar-refractivity contribution in [3.05, 3.63) is 29.6 Å². The quantitative estimate of drug-likeness (QED) is 0.837. The van der Waals surface area contributed by atoms with Gasteiger partial charge in [-0.15, -0.1) is 11.3 Å². The van der Waals surface area contributed by atoms with Crippen LogP contribution in [0.5, 0.6) is 0 Å². The number of hydrogen-bond acceptors (Lipinski definition) is 5. The molecule has 5 nitrogen and oxygen atoms in total. The van der Waals surface area contributed by atoms with Crippen LogP contribution < -0.4 is 10.9 Å². The molecule has 0 saturated carbocycles. The Morgan fingerprint density at radius 3 is 2.62 bits per heavy atom. The van der Waals surface area contributed by atoms with Crippen LogP contribution in [0.3, 0.4) is 0 Å². The van der Waals surface area contributed by atoms with E-state index in [2.05, 4.69) is 4.98 Å². The third-order valence-electron chi connectivity index (χ3n) is 1.98. The molecule has 1 aromatic heterocycles. The number of nitrogens with two attached hydrogens (primary N) is 2. The Hall–Kier alpha value is -1.44. The van der Waals surface area contributed by atoms with Crippen molar-refractivity contribution in [1.82, 2.24) is 4.98 Å². The largest absolute Gasteiger partial charge is 0.375 e. The van der Waals surface area contributed by atoms with Gasteiger partial charge in [0.1, 0.15) is 0 Å². The molecule has 0 spiro atoms. The van der Waals surface area contributed by atoms with E-state index >= 15 is 0 Å². The predicted octanol–water partition coefficient (Wildman–Crippen LogP) is 1.04. The van der Waals surface area contributed by atoms with Gasteiger partial charge in [-0.1, -0.05) is 12.1 Å². The summed E-state index contributed by atoms with van der Waals surface area (Å²) in [6, 6.07) is 6.28. The fourth-order valence-electron chi connectivity index (χ4n) is 1.25. The molecule has 16 heavy (non-hydrogen) atoms. The molecule has 0 aliphatic carbocycles. The molecule has 4 N–H and O–H groups in total. The van der Waals surface area contributed by atoms with Crippen molar-refractivity contribution in [2.24, 2.45) is 5.14 Å². The topological polar surface area (TPSA) is 99.1 Å². The minimum absolute atomic E-state index is 0.0663. The molecule has 0 atom stereocenters. The van der Waals surface area contributed by atoms with Gasteiger partial charge in [0, 0.05) is 10.9 Å². The molecule has 0 aliphatic rings. The van der Waals surface area contributed by atoms with Crippen LogP contribution >= 0.6 is 11.3 Å². The fraction of sp³-hybridized carbons (Fsp3) is 0. The van der Waals surface area contributed by atoms with Crippen LogP contribution in [0.2, 0.25) is 0 Å². The van der Waals surface area contributed by atoms with Gasteiger partial charge in [-0.05, 0) is 12.1 Å². The molecular weight excluding hydrogens is 246 g/mol. The molecular formula is C9H9N3O2S2. The number of nitrogens with zero attached hydrogens (tertiary/aromatic N) is 1. The molecule has 0 aliphatic heterocycles. The van der Waals surface area contributed by atoms with Crippen molar-refractivity contribution in [1.29, 1.82) is 0 Å². The van der Waals surface area contributed by atoms with Gasteiger partial charge < -0.3 is 5.73 Å². The first-order chi connectivity index (χ1) is 7.47. The highest BCUT2D eigenvalue weighted by Gasteiger charge is 2.10. The van der Waals surface area contributed by atoms with Crippen molar-refractivity contribution >= 4 is 26.5 Å². The maximum Gasteiger partial charge on any atom is 0.238 e. The van der Waals surface area contributed by atoms with Crippen molar-refractivity contribution in [2.45, 2.75) is 4.90 Å². The van der Waals surface area contributed by atoms with Crippen LogP contribution in [0.1, 0.15) is 0 Å². The van der Waals surface area contributed by atoms with Gasteiger partial charge in [0.05, 0.1) is 10.6 Å². The molecule has 0 unspecified atom stereocenters. The fourth-order valence-corrected chi connectivity index (χ4v) is 2.38. The number of sulfonamides is 1. The van der Waals surface area contributed by atoms with Crippen LogP contribution in [-0.4, -0.2) is 13.4 Å². The smallest absolute Gasteiger partial charge is 0.238 e. The molecule has 0 fully saturated rings. The van der Waals surface area contributed by atoms with E-state index in [1.54, 1.807) is 17.5 Å². The van der Waals surface area contributed by atoms with Crippen LogP contribution in [-0.2, 0) is 10.0 Å². The molecule has 2 aromatic rings. The zero-order valence-electron chi connectivity index (χ0n) is 8.12. The summed E-state index contributed by atoms with van der Waals surface area (Å²) in [6.45, 7) is 0. The summed E-state index contributed by atoms with van der Waals surface area (Å²) in [4.78, 5) is 4.13. The van der Waals surface area contributed by atoms with E-state index < -0.39 is 10.0 Å². The van der Waals surface area contributed by atoms with Crippen molar-refractivity contribution in [3.63, 3.8) is 0 Å². The first-order valence-corrected chi connectivity index (χ1v) is 6.73. The van der Waals surface area contributed by atoms with Gasteiger partial charge >= 0.3 is 0 Å².